The topological polar surface area (TPSA) is 67.1 Å². The zero-order chi connectivity index (χ0) is 19.6. The molecule has 0 saturated carbocycles. The lowest BCUT2D eigenvalue weighted by Crippen LogP contribution is -2.41. The predicted octanol–water partition coefficient (Wildman–Crippen LogP) is 3.89. The summed E-state index contributed by atoms with van der Waals surface area (Å²) >= 11 is 3.57. The van der Waals surface area contributed by atoms with Crippen LogP contribution in [0.1, 0.15) is 41.9 Å². The molecule has 150 valence electrons. The molecule has 2 N–H and O–H groups in total. The van der Waals surface area contributed by atoms with Crippen molar-refractivity contribution in [2.24, 2.45) is 4.99 Å². The summed E-state index contributed by atoms with van der Waals surface area (Å²) in [6, 6.07) is 8.81. The lowest BCUT2D eigenvalue weighted by molar-refractivity contribution is 0.595. The highest BCUT2D eigenvalue weighted by Crippen LogP contribution is 2.21. The molecule has 3 heterocycles. The Hall–Kier alpha value is -2.19. The van der Waals surface area contributed by atoms with Gasteiger partial charge in [0.1, 0.15) is 12.2 Å². The van der Waals surface area contributed by atoms with E-state index in [-0.39, 0.29) is 6.04 Å². The summed E-state index contributed by atoms with van der Waals surface area (Å²) in [5, 5.41) is 19.5. The summed E-state index contributed by atoms with van der Waals surface area (Å²) in [6.45, 7) is 6.66. The van der Waals surface area contributed by atoms with Gasteiger partial charge < -0.3 is 15.2 Å². The quantitative estimate of drug-likeness (QED) is 0.389. The molecule has 3 rings (SSSR count). The van der Waals surface area contributed by atoms with E-state index in [0.717, 1.165) is 50.7 Å². The van der Waals surface area contributed by atoms with Crippen LogP contribution in [-0.4, -0.2) is 33.8 Å². The lowest BCUT2D eigenvalue weighted by Gasteiger charge is -2.20. The van der Waals surface area contributed by atoms with E-state index >= 15 is 0 Å². The van der Waals surface area contributed by atoms with Gasteiger partial charge >= 0.3 is 0 Å². The molecule has 8 heteroatoms. The Morgan fingerprint density at radius 2 is 2.07 bits per heavy atom. The Morgan fingerprint density at radius 1 is 1.21 bits per heavy atom. The average Bonchev–Trinajstić information content (AvgIpc) is 3.48. The molecule has 0 fully saturated rings. The second kappa shape index (κ2) is 11.0. The van der Waals surface area contributed by atoms with Crippen LogP contribution in [0.3, 0.4) is 0 Å². The first-order valence-corrected chi connectivity index (χ1v) is 11.5. The largest absolute Gasteiger partial charge is 0.355 e. The van der Waals surface area contributed by atoms with Gasteiger partial charge in [0.25, 0.3) is 0 Å². The highest BCUT2D eigenvalue weighted by molar-refractivity contribution is 7.10. The minimum atomic E-state index is 0.272. The minimum absolute atomic E-state index is 0.272. The monoisotopic (exact) mass is 416 g/mol. The fourth-order valence-electron chi connectivity index (χ4n) is 2.95. The van der Waals surface area contributed by atoms with Crippen LogP contribution in [0.25, 0.3) is 0 Å². The highest BCUT2D eigenvalue weighted by atomic mass is 32.1. The van der Waals surface area contributed by atoms with Crippen LogP contribution in [0.15, 0.2) is 46.3 Å². The van der Waals surface area contributed by atoms with Crippen LogP contribution >= 0.6 is 22.7 Å². The van der Waals surface area contributed by atoms with Gasteiger partial charge in [-0.2, -0.15) is 0 Å². The molecule has 3 aromatic rings. The number of hydrogen-bond donors (Lipinski definition) is 2. The van der Waals surface area contributed by atoms with Crippen molar-refractivity contribution in [2.75, 3.05) is 13.1 Å². The maximum Gasteiger partial charge on any atom is 0.191 e. The van der Waals surface area contributed by atoms with Crippen molar-refractivity contribution in [3.05, 3.63) is 56.9 Å². The Morgan fingerprint density at radius 3 is 2.79 bits per heavy atom. The number of rotatable bonds is 10. The van der Waals surface area contributed by atoms with Gasteiger partial charge in [-0.1, -0.05) is 26.0 Å². The lowest BCUT2D eigenvalue weighted by atomic mass is 10.2. The molecule has 28 heavy (non-hydrogen) atoms. The molecule has 0 aliphatic carbocycles. The van der Waals surface area contributed by atoms with E-state index in [1.165, 1.54) is 9.75 Å². The number of thiophene rings is 2. The number of nitrogens with zero attached hydrogens (tertiary/aromatic N) is 4. The average molecular weight is 417 g/mol. The third-order valence-corrected chi connectivity index (χ3v) is 6.39. The number of nitrogens with one attached hydrogen (secondary N) is 2. The minimum Gasteiger partial charge on any atom is -0.355 e. The summed E-state index contributed by atoms with van der Waals surface area (Å²) in [7, 11) is 0. The van der Waals surface area contributed by atoms with Gasteiger partial charge in [-0.15, -0.1) is 32.9 Å². The van der Waals surface area contributed by atoms with Crippen LogP contribution in [0.5, 0.6) is 0 Å². The Kier molecular flexibility index (Phi) is 8.05. The van der Waals surface area contributed by atoms with Gasteiger partial charge in [-0.25, -0.2) is 0 Å². The predicted molar refractivity (Wildman–Crippen MR) is 118 cm³/mol. The summed E-state index contributed by atoms with van der Waals surface area (Å²) in [6.07, 6.45) is 4.65. The second-order valence-electron chi connectivity index (χ2n) is 6.40. The van der Waals surface area contributed by atoms with E-state index in [1.54, 1.807) is 29.0 Å². The van der Waals surface area contributed by atoms with Gasteiger partial charge in [-0.3, -0.25) is 4.99 Å². The first-order chi connectivity index (χ1) is 13.8. The fraction of sp³-hybridized carbons (Fsp3) is 0.450. The number of aryl methyl sites for hydroxylation is 1. The molecule has 0 aromatic carbocycles. The molecule has 0 amide bonds. The molecule has 0 radical (unpaired) electrons. The van der Waals surface area contributed by atoms with Gasteiger partial charge in [0, 0.05) is 42.2 Å². The second-order valence-corrected chi connectivity index (χ2v) is 8.41. The summed E-state index contributed by atoms with van der Waals surface area (Å²) < 4.78 is 2.09. The van der Waals surface area contributed by atoms with E-state index in [0.29, 0.717) is 0 Å². The molecule has 0 aliphatic rings. The fourth-order valence-corrected chi connectivity index (χ4v) is 4.51. The summed E-state index contributed by atoms with van der Waals surface area (Å²) in [5.74, 6) is 1.87. The molecule has 6 nitrogen and oxygen atoms in total. The van der Waals surface area contributed by atoms with Gasteiger partial charge in [0.05, 0.1) is 6.04 Å². The van der Waals surface area contributed by atoms with Crippen molar-refractivity contribution < 1.29 is 0 Å². The Bertz CT molecular complexity index is 823. The van der Waals surface area contributed by atoms with Crippen molar-refractivity contribution in [1.82, 2.24) is 25.4 Å². The third-order valence-electron chi connectivity index (χ3n) is 4.47. The highest BCUT2D eigenvalue weighted by Gasteiger charge is 2.12. The number of guanidine groups is 1. The first kappa shape index (κ1) is 20.5. The normalized spacial score (nSPS) is 12.9. The van der Waals surface area contributed by atoms with Gasteiger partial charge in [-0.05, 0) is 29.3 Å². The van der Waals surface area contributed by atoms with E-state index in [2.05, 4.69) is 74.3 Å². The third kappa shape index (κ3) is 5.90. The number of hydrogen-bond acceptors (Lipinski definition) is 5. The van der Waals surface area contributed by atoms with Gasteiger partial charge in [0.2, 0.25) is 0 Å². The van der Waals surface area contributed by atoms with E-state index in [1.807, 2.05) is 0 Å². The summed E-state index contributed by atoms with van der Waals surface area (Å²) in [4.78, 5) is 7.52. The molecule has 0 aliphatic heterocycles. The van der Waals surface area contributed by atoms with Crippen molar-refractivity contribution in [3.63, 3.8) is 0 Å². The van der Waals surface area contributed by atoms with E-state index < -0.39 is 0 Å². The standard InChI is InChI=1S/C20H28N6S2/c1-3-17(18-8-6-14-28-18)24-20(21-10-9-16-7-5-13-27-16)22-11-12-26-15-23-25-19(26)4-2/h5-8,13-15,17H,3-4,9-12H2,1-2H3,(H2,21,22,24). The molecular weight excluding hydrogens is 388 g/mol. The molecule has 0 bridgehead atoms. The van der Waals surface area contributed by atoms with Crippen molar-refractivity contribution in [2.45, 2.75) is 45.7 Å². The Labute approximate surface area is 174 Å². The van der Waals surface area contributed by atoms with E-state index in [9.17, 15) is 0 Å². The molecule has 0 spiro atoms. The molecule has 1 atom stereocenters. The zero-order valence-corrected chi connectivity index (χ0v) is 18.1. The molecule has 0 saturated heterocycles. The number of aromatic nitrogens is 3. The smallest absolute Gasteiger partial charge is 0.191 e. The van der Waals surface area contributed by atoms with Crippen LogP contribution in [-0.2, 0) is 19.4 Å². The zero-order valence-electron chi connectivity index (χ0n) is 16.5. The van der Waals surface area contributed by atoms with Crippen LogP contribution in [0, 0.1) is 0 Å². The van der Waals surface area contributed by atoms with Crippen molar-refractivity contribution >= 4 is 28.6 Å². The maximum absolute atomic E-state index is 4.82. The van der Waals surface area contributed by atoms with E-state index in [4.69, 9.17) is 4.99 Å². The van der Waals surface area contributed by atoms with Crippen molar-refractivity contribution in [3.8, 4) is 0 Å². The Balaban J connectivity index is 1.61. The van der Waals surface area contributed by atoms with Crippen LogP contribution < -0.4 is 10.6 Å². The SMILES string of the molecule is CCc1nncn1CCNC(=NCCc1cccs1)NC(CC)c1cccs1. The summed E-state index contributed by atoms with van der Waals surface area (Å²) in [5.41, 5.74) is 0. The molecule has 1 unspecified atom stereocenters. The first-order valence-electron chi connectivity index (χ1n) is 9.77. The maximum atomic E-state index is 4.82. The molecular formula is C20H28N6S2. The van der Waals surface area contributed by atoms with Gasteiger partial charge in [0.15, 0.2) is 5.96 Å². The molecule has 3 aromatic heterocycles. The van der Waals surface area contributed by atoms with Crippen LogP contribution in [0.4, 0.5) is 0 Å². The van der Waals surface area contributed by atoms with Crippen molar-refractivity contribution in [1.29, 1.82) is 0 Å². The number of aliphatic imine (C=N–C) groups is 1. The van der Waals surface area contributed by atoms with Crippen LogP contribution in [0.2, 0.25) is 0 Å².